The first-order valence-electron chi connectivity index (χ1n) is 14.7. The fourth-order valence-electron chi connectivity index (χ4n) is 6.36. The summed E-state index contributed by atoms with van der Waals surface area (Å²) in [6, 6.07) is 16.6. The average molecular weight is 560 g/mol. The lowest BCUT2D eigenvalue weighted by molar-refractivity contribution is 0.0918. The maximum Gasteiger partial charge on any atom is 0.251 e. The Morgan fingerprint density at radius 3 is 2.60 bits per heavy atom. The average Bonchev–Trinajstić information content (AvgIpc) is 3.43. The number of nitrogens with zero attached hydrogens (tertiary/aromatic N) is 3. The molecule has 2 aliphatic carbocycles. The number of carbonyl (C=O) groups excluding carboxylic acids is 1. The van der Waals surface area contributed by atoms with Gasteiger partial charge in [0.05, 0.1) is 12.8 Å². The van der Waals surface area contributed by atoms with Crippen LogP contribution in [0.2, 0.25) is 0 Å². The highest BCUT2D eigenvalue weighted by Crippen LogP contribution is 2.34. The van der Waals surface area contributed by atoms with Crippen molar-refractivity contribution in [3.63, 3.8) is 0 Å². The van der Waals surface area contributed by atoms with Gasteiger partial charge in [0.2, 0.25) is 5.13 Å². The molecule has 7 nitrogen and oxygen atoms in total. The van der Waals surface area contributed by atoms with Crippen molar-refractivity contribution >= 4 is 22.4 Å². The predicted octanol–water partition coefficient (Wildman–Crippen LogP) is 7.43. The Bertz CT molecular complexity index is 1280. The van der Waals surface area contributed by atoms with E-state index in [4.69, 9.17) is 10.3 Å². The summed E-state index contributed by atoms with van der Waals surface area (Å²) in [5.41, 5.74) is 11.2. The molecule has 2 aromatic carbocycles. The Morgan fingerprint density at radius 1 is 1.10 bits per heavy atom. The highest BCUT2D eigenvalue weighted by atomic mass is 32.1. The first-order valence-corrected chi connectivity index (χ1v) is 15.5. The van der Waals surface area contributed by atoms with Crippen molar-refractivity contribution in [3.8, 4) is 16.9 Å². The number of aryl methyl sites for hydroxylation is 1. The van der Waals surface area contributed by atoms with Crippen LogP contribution in [0.5, 0.6) is 5.75 Å². The van der Waals surface area contributed by atoms with Gasteiger partial charge in [-0.25, -0.2) is 10.5 Å². The summed E-state index contributed by atoms with van der Waals surface area (Å²) in [5, 5.41) is 7.44. The number of hydrogen-bond acceptors (Lipinski definition) is 7. The minimum atomic E-state index is 0.0188. The molecule has 1 fully saturated rings. The third-order valence-electron chi connectivity index (χ3n) is 8.60. The molecule has 2 aliphatic rings. The zero-order valence-corrected chi connectivity index (χ0v) is 24.5. The standard InChI is InChI=1S/C32H41N5O2S/c1-3-19-37(26-16-17-28-30(21-26)40-32(35-28)36-33)20-18-22-8-14-25(15-9-22)34-31(38)24-12-10-23(11-13-24)27-6-4-5-7-29(27)39-2/h4-7,10-13,22,25-26,33H,3,8-9,14-21H2,1-2H3,(H,34,38). The van der Waals surface area contributed by atoms with Crippen LogP contribution in [0.1, 0.15) is 72.8 Å². The number of hydrogen-bond donors (Lipinski definition) is 2. The van der Waals surface area contributed by atoms with E-state index in [-0.39, 0.29) is 11.9 Å². The van der Waals surface area contributed by atoms with Gasteiger partial charge >= 0.3 is 0 Å². The number of nitrogens with one attached hydrogen (secondary N) is 2. The third-order valence-corrected chi connectivity index (χ3v) is 9.61. The lowest BCUT2D eigenvalue weighted by Gasteiger charge is -2.36. The Hall–Kier alpha value is -3.10. The normalized spacial score (nSPS) is 20.6. The van der Waals surface area contributed by atoms with Crippen LogP contribution in [0.25, 0.3) is 11.1 Å². The molecule has 1 amide bonds. The van der Waals surface area contributed by atoms with E-state index in [0.29, 0.717) is 16.7 Å². The van der Waals surface area contributed by atoms with Crippen LogP contribution in [-0.4, -0.2) is 48.1 Å². The van der Waals surface area contributed by atoms with Crippen molar-refractivity contribution in [3.05, 3.63) is 64.7 Å². The van der Waals surface area contributed by atoms with Gasteiger partial charge in [0.15, 0.2) is 0 Å². The second-order valence-electron chi connectivity index (χ2n) is 11.2. The summed E-state index contributed by atoms with van der Waals surface area (Å²) in [6.07, 6.45) is 10.0. The second-order valence-corrected chi connectivity index (χ2v) is 12.2. The fraction of sp³-hybridized carbons (Fsp3) is 0.500. The number of carbonyl (C=O) groups is 1. The molecule has 0 aliphatic heterocycles. The first kappa shape index (κ1) is 28.4. The van der Waals surface area contributed by atoms with Gasteiger partial charge in [0.1, 0.15) is 5.75 Å². The molecular weight excluding hydrogens is 518 g/mol. The molecule has 40 heavy (non-hydrogen) atoms. The fourth-order valence-corrected chi connectivity index (χ4v) is 7.33. The molecule has 212 valence electrons. The number of thiazole rings is 1. The number of amides is 1. The quantitative estimate of drug-likeness (QED) is 0.239. The van der Waals surface area contributed by atoms with Gasteiger partial charge in [-0.05, 0) is 101 Å². The van der Waals surface area contributed by atoms with Gasteiger partial charge in [-0.15, -0.1) is 5.11 Å². The van der Waals surface area contributed by atoms with Crippen molar-refractivity contribution < 1.29 is 9.53 Å². The van der Waals surface area contributed by atoms with E-state index in [2.05, 4.69) is 27.2 Å². The smallest absolute Gasteiger partial charge is 0.251 e. The van der Waals surface area contributed by atoms with Crippen LogP contribution < -0.4 is 10.1 Å². The molecule has 1 saturated carbocycles. The van der Waals surface area contributed by atoms with Crippen LogP contribution in [0.4, 0.5) is 5.13 Å². The first-order chi connectivity index (χ1) is 19.6. The Balaban J connectivity index is 1.08. The molecule has 2 N–H and O–H groups in total. The number of aromatic nitrogens is 1. The van der Waals surface area contributed by atoms with E-state index < -0.39 is 0 Å². The number of para-hydroxylation sites is 1. The minimum absolute atomic E-state index is 0.0188. The number of ether oxygens (including phenoxy) is 1. The van der Waals surface area contributed by atoms with Gasteiger partial charge in [0, 0.05) is 28.1 Å². The van der Waals surface area contributed by atoms with Gasteiger partial charge in [0.25, 0.3) is 5.91 Å². The highest BCUT2D eigenvalue weighted by molar-refractivity contribution is 7.15. The van der Waals surface area contributed by atoms with E-state index in [0.717, 1.165) is 80.1 Å². The molecule has 1 heterocycles. The minimum Gasteiger partial charge on any atom is -0.496 e. The molecular formula is C32H41N5O2S. The van der Waals surface area contributed by atoms with Crippen LogP contribution in [-0.2, 0) is 12.8 Å². The van der Waals surface area contributed by atoms with Crippen molar-refractivity contribution in [1.29, 1.82) is 5.53 Å². The molecule has 3 aromatic rings. The number of rotatable bonds is 11. The summed E-state index contributed by atoms with van der Waals surface area (Å²) in [6.45, 7) is 4.54. The van der Waals surface area contributed by atoms with Gasteiger partial charge in [-0.2, -0.15) is 0 Å². The highest BCUT2D eigenvalue weighted by Gasteiger charge is 2.28. The molecule has 0 spiro atoms. The third kappa shape index (κ3) is 6.78. The zero-order valence-electron chi connectivity index (χ0n) is 23.7. The molecule has 5 rings (SSSR count). The topological polar surface area (TPSA) is 90.7 Å². The second kappa shape index (κ2) is 13.5. The summed E-state index contributed by atoms with van der Waals surface area (Å²) in [5.74, 6) is 1.58. The van der Waals surface area contributed by atoms with E-state index in [1.54, 1.807) is 18.4 Å². The van der Waals surface area contributed by atoms with Crippen LogP contribution >= 0.6 is 11.3 Å². The van der Waals surface area contributed by atoms with Gasteiger partial charge in [-0.3, -0.25) is 4.79 Å². The van der Waals surface area contributed by atoms with Crippen LogP contribution in [0.15, 0.2) is 53.6 Å². The van der Waals surface area contributed by atoms with Crippen LogP contribution in [0.3, 0.4) is 0 Å². The molecule has 8 heteroatoms. The number of benzene rings is 2. The van der Waals surface area contributed by atoms with Gasteiger partial charge in [-0.1, -0.05) is 48.6 Å². The van der Waals surface area contributed by atoms with Crippen molar-refractivity contribution in [1.82, 2.24) is 15.2 Å². The molecule has 0 bridgehead atoms. The Kier molecular flexibility index (Phi) is 9.60. The molecule has 0 saturated heterocycles. The lowest BCUT2D eigenvalue weighted by Crippen LogP contribution is -2.41. The lowest BCUT2D eigenvalue weighted by atomic mass is 9.83. The van der Waals surface area contributed by atoms with E-state index in [9.17, 15) is 4.79 Å². The molecule has 1 unspecified atom stereocenters. The molecule has 0 radical (unpaired) electrons. The maximum atomic E-state index is 13.0. The van der Waals surface area contributed by atoms with Crippen molar-refractivity contribution in [2.24, 2.45) is 11.0 Å². The molecule has 1 aromatic heterocycles. The summed E-state index contributed by atoms with van der Waals surface area (Å²) < 4.78 is 5.48. The predicted molar refractivity (Wildman–Crippen MR) is 161 cm³/mol. The summed E-state index contributed by atoms with van der Waals surface area (Å²) in [4.78, 5) is 21.5. The SMILES string of the molecule is CCCN(CCC1CCC(NC(=O)c2ccc(-c3ccccc3OC)cc2)CC1)C1CCc2nc(N=N)sc2C1. The zero-order chi connectivity index (χ0) is 27.9. The van der Waals surface area contributed by atoms with Crippen molar-refractivity contribution in [2.75, 3.05) is 20.2 Å². The number of fused-ring (bicyclic) bond motifs is 1. The largest absolute Gasteiger partial charge is 0.496 e. The molecule has 1 atom stereocenters. The summed E-state index contributed by atoms with van der Waals surface area (Å²) in [7, 11) is 1.68. The van der Waals surface area contributed by atoms with Gasteiger partial charge < -0.3 is 15.0 Å². The summed E-state index contributed by atoms with van der Waals surface area (Å²) >= 11 is 1.59. The van der Waals surface area contributed by atoms with E-state index >= 15 is 0 Å². The number of methoxy groups -OCH3 is 1. The maximum absolute atomic E-state index is 13.0. The Morgan fingerprint density at radius 2 is 1.88 bits per heavy atom. The van der Waals surface area contributed by atoms with E-state index in [1.807, 2.05) is 48.5 Å². The van der Waals surface area contributed by atoms with Crippen molar-refractivity contribution in [2.45, 2.75) is 76.8 Å². The van der Waals surface area contributed by atoms with E-state index in [1.165, 1.54) is 24.1 Å². The Labute approximate surface area is 241 Å². The van der Waals surface area contributed by atoms with Crippen LogP contribution in [0, 0.1) is 11.4 Å². The monoisotopic (exact) mass is 559 g/mol.